The molecule has 3 heterocycles. The van der Waals surface area contributed by atoms with Crippen LogP contribution in [0, 0.1) is 0 Å². The molecule has 0 aromatic carbocycles. The minimum absolute atomic E-state index is 0.355. The lowest BCUT2D eigenvalue weighted by Gasteiger charge is -2.24. The molecule has 1 aliphatic rings. The normalized spacial score (nSPS) is 18.8. The molecular weight excluding hydrogens is 244 g/mol. The molecule has 0 unspecified atom stereocenters. The molecule has 0 bridgehead atoms. The first kappa shape index (κ1) is 11.9. The molecule has 0 N–H and O–H groups in total. The number of anilines is 1. The van der Waals surface area contributed by atoms with Gasteiger partial charge in [0.1, 0.15) is 12.7 Å². The molecule has 3 rings (SSSR count). The van der Waals surface area contributed by atoms with Crippen LogP contribution < -0.4 is 9.64 Å². The molecule has 100 valence electrons. The summed E-state index contributed by atoms with van der Waals surface area (Å²) in [4.78, 5) is 14.9. The van der Waals surface area contributed by atoms with Gasteiger partial charge < -0.3 is 9.64 Å². The number of methoxy groups -OCH3 is 1. The maximum atomic E-state index is 5.15. The van der Waals surface area contributed by atoms with Gasteiger partial charge in [0.05, 0.1) is 19.7 Å². The minimum Gasteiger partial charge on any atom is -0.481 e. The van der Waals surface area contributed by atoms with Crippen LogP contribution in [0.25, 0.3) is 0 Å². The molecule has 0 spiro atoms. The predicted octanol–water partition coefficient (Wildman–Crippen LogP) is 0.746. The molecule has 1 fully saturated rings. The zero-order chi connectivity index (χ0) is 13.1. The first-order chi connectivity index (χ1) is 9.36. The van der Waals surface area contributed by atoms with E-state index >= 15 is 0 Å². The molecule has 0 saturated carbocycles. The van der Waals surface area contributed by atoms with Gasteiger partial charge in [0.15, 0.2) is 0 Å². The SMILES string of the molecule is COc1ccnc(N2CCC[C@H]2Cn2cncn2)n1. The largest absolute Gasteiger partial charge is 0.481 e. The Bertz CT molecular complexity index is 529. The van der Waals surface area contributed by atoms with Crippen LogP contribution in [0.4, 0.5) is 5.95 Å². The third kappa shape index (κ3) is 2.49. The van der Waals surface area contributed by atoms with Crippen molar-refractivity contribution in [1.82, 2.24) is 24.7 Å². The Morgan fingerprint density at radius 2 is 2.42 bits per heavy atom. The fourth-order valence-corrected chi connectivity index (χ4v) is 2.42. The first-order valence-corrected chi connectivity index (χ1v) is 6.33. The summed E-state index contributed by atoms with van der Waals surface area (Å²) in [5.41, 5.74) is 0. The van der Waals surface area contributed by atoms with E-state index in [1.165, 1.54) is 0 Å². The van der Waals surface area contributed by atoms with Crippen LogP contribution in [0.2, 0.25) is 0 Å². The summed E-state index contributed by atoms with van der Waals surface area (Å²) in [7, 11) is 1.61. The highest BCUT2D eigenvalue weighted by Crippen LogP contribution is 2.24. The average molecular weight is 260 g/mol. The van der Waals surface area contributed by atoms with Crippen molar-refractivity contribution in [3.05, 3.63) is 24.9 Å². The second-order valence-corrected chi connectivity index (χ2v) is 4.51. The van der Waals surface area contributed by atoms with Crippen molar-refractivity contribution in [2.75, 3.05) is 18.6 Å². The van der Waals surface area contributed by atoms with Crippen molar-refractivity contribution in [3.8, 4) is 5.88 Å². The zero-order valence-corrected chi connectivity index (χ0v) is 10.8. The van der Waals surface area contributed by atoms with Crippen molar-refractivity contribution < 1.29 is 4.74 Å². The number of rotatable bonds is 4. The summed E-state index contributed by atoms with van der Waals surface area (Å²) in [6.07, 6.45) is 7.27. The van der Waals surface area contributed by atoms with E-state index in [-0.39, 0.29) is 0 Å². The van der Waals surface area contributed by atoms with E-state index in [2.05, 4.69) is 25.0 Å². The summed E-state index contributed by atoms with van der Waals surface area (Å²) in [6, 6.07) is 2.11. The van der Waals surface area contributed by atoms with Gasteiger partial charge in [-0.25, -0.2) is 9.97 Å². The second-order valence-electron chi connectivity index (χ2n) is 4.51. The van der Waals surface area contributed by atoms with Crippen molar-refractivity contribution in [1.29, 1.82) is 0 Å². The quantitative estimate of drug-likeness (QED) is 0.808. The highest BCUT2D eigenvalue weighted by Gasteiger charge is 2.27. The molecule has 1 aliphatic heterocycles. The van der Waals surface area contributed by atoms with Crippen LogP contribution in [0.15, 0.2) is 24.9 Å². The Balaban J connectivity index is 1.78. The number of hydrogen-bond acceptors (Lipinski definition) is 6. The molecule has 2 aromatic heterocycles. The summed E-state index contributed by atoms with van der Waals surface area (Å²) in [5, 5.41) is 4.15. The van der Waals surface area contributed by atoms with E-state index in [0.29, 0.717) is 11.9 Å². The van der Waals surface area contributed by atoms with Crippen LogP contribution in [-0.2, 0) is 6.54 Å². The summed E-state index contributed by atoms with van der Waals surface area (Å²) >= 11 is 0. The van der Waals surface area contributed by atoms with Gasteiger partial charge in [-0.2, -0.15) is 10.1 Å². The van der Waals surface area contributed by atoms with Crippen LogP contribution in [0.3, 0.4) is 0 Å². The monoisotopic (exact) mass is 260 g/mol. The maximum Gasteiger partial charge on any atom is 0.228 e. The van der Waals surface area contributed by atoms with Gasteiger partial charge in [0, 0.05) is 18.8 Å². The van der Waals surface area contributed by atoms with Crippen LogP contribution >= 0.6 is 0 Å². The highest BCUT2D eigenvalue weighted by molar-refractivity contribution is 5.35. The Hall–Kier alpha value is -2.18. The lowest BCUT2D eigenvalue weighted by Crippen LogP contribution is -2.34. The fourth-order valence-electron chi connectivity index (χ4n) is 2.42. The summed E-state index contributed by atoms with van der Waals surface area (Å²) < 4.78 is 7.00. The molecule has 19 heavy (non-hydrogen) atoms. The average Bonchev–Trinajstić information content (AvgIpc) is 3.11. The smallest absolute Gasteiger partial charge is 0.228 e. The van der Waals surface area contributed by atoms with E-state index in [1.54, 1.807) is 32.0 Å². The zero-order valence-electron chi connectivity index (χ0n) is 10.8. The number of hydrogen-bond donors (Lipinski definition) is 0. The van der Waals surface area contributed by atoms with Gasteiger partial charge >= 0.3 is 0 Å². The molecule has 2 aromatic rings. The lowest BCUT2D eigenvalue weighted by molar-refractivity contribution is 0.396. The molecule has 7 nitrogen and oxygen atoms in total. The molecule has 1 saturated heterocycles. The summed E-state index contributed by atoms with van der Waals surface area (Å²) in [6.45, 7) is 1.77. The van der Waals surface area contributed by atoms with E-state index < -0.39 is 0 Å². The van der Waals surface area contributed by atoms with Gasteiger partial charge in [0.2, 0.25) is 11.8 Å². The van der Waals surface area contributed by atoms with Crippen molar-refractivity contribution >= 4 is 5.95 Å². The predicted molar refractivity (Wildman–Crippen MR) is 69.0 cm³/mol. The Kier molecular flexibility index (Phi) is 3.26. The Labute approximate surface area is 111 Å². The van der Waals surface area contributed by atoms with Gasteiger partial charge in [-0.3, -0.25) is 4.68 Å². The number of ether oxygens (including phenoxy) is 1. The van der Waals surface area contributed by atoms with E-state index in [0.717, 1.165) is 31.9 Å². The molecule has 0 radical (unpaired) electrons. The van der Waals surface area contributed by atoms with Crippen LogP contribution in [0.1, 0.15) is 12.8 Å². The lowest BCUT2D eigenvalue weighted by atomic mass is 10.2. The maximum absolute atomic E-state index is 5.15. The van der Waals surface area contributed by atoms with E-state index in [1.807, 2.05) is 4.68 Å². The molecule has 1 atom stereocenters. The van der Waals surface area contributed by atoms with E-state index in [4.69, 9.17) is 4.74 Å². The fraction of sp³-hybridized carbons (Fsp3) is 0.500. The topological polar surface area (TPSA) is 69.0 Å². The molecule has 7 heteroatoms. The standard InChI is InChI=1S/C12H16N6O/c1-19-11-4-5-14-12(16-11)18-6-2-3-10(18)7-17-9-13-8-15-17/h4-5,8-10H,2-3,6-7H2,1H3/t10-/m0/s1. The molecule has 0 aliphatic carbocycles. The Morgan fingerprint density at radius 1 is 1.47 bits per heavy atom. The van der Waals surface area contributed by atoms with E-state index in [9.17, 15) is 0 Å². The van der Waals surface area contributed by atoms with Crippen molar-refractivity contribution in [3.63, 3.8) is 0 Å². The van der Waals surface area contributed by atoms with Crippen molar-refractivity contribution in [2.45, 2.75) is 25.4 Å². The number of nitrogens with zero attached hydrogens (tertiary/aromatic N) is 6. The molecular formula is C12H16N6O. The highest BCUT2D eigenvalue weighted by atomic mass is 16.5. The van der Waals surface area contributed by atoms with Crippen LogP contribution in [-0.4, -0.2) is 44.4 Å². The Morgan fingerprint density at radius 3 is 3.21 bits per heavy atom. The van der Waals surface area contributed by atoms with Gasteiger partial charge in [0.25, 0.3) is 0 Å². The van der Waals surface area contributed by atoms with Crippen LogP contribution in [0.5, 0.6) is 5.88 Å². The number of aromatic nitrogens is 5. The second kappa shape index (κ2) is 5.21. The first-order valence-electron chi connectivity index (χ1n) is 6.33. The summed E-state index contributed by atoms with van der Waals surface area (Å²) in [5.74, 6) is 1.32. The minimum atomic E-state index is 0.355. The van der Waals surface area contributed by atoms with Crippen molar-refractivity contribution in [2.24, 2.45) is 0 Å². The third-order valence-electron chi connectivity index (χ3n) is 3.32. The van der Waals surface area contributed by atoms with Gasteiger partial charge in [-0.1, -0.05) is 0 Å². The van der Waals surface area contributed by atoms with Gasteiger partial charge in [-0.15, -0.1) is 0 Å². The molecule has 0 amide bonds. The third-order valence-corrected chi connectivity index (χ3v) is 3.32. The van der Waals surface area contributed by atoms with Gasteiger partial charge in [-0.05, 0) is 12.8 Å².